The molecule has 1 aromatic carbocycles. The molecular weight excluding hydrogens is 369 g/mol. The van der Waals surface area contributed by atoms with E-state index in [-0.39, 0.29) is 16.8 Å². The maximum absolute atomic E-state index is 12.4. The van der Waals surface area contributed by atoms with E-state index in [0.717, 1.165) is 18.2 Å². The number of alkyl halides is 3. The molecule has 0 amide bonds. The van der Waals surface area contributed by atoms with Crippen LogP contribution in [0.25, 0.3) is 11.3 Å². The minimum absolute atomic E-state index is 0.0596. The lowest BCUT2D eigenvalue weighted by molar-refractivity contribution is -0.274. The summed E-state index contributed by atoms with van der Waals surface area (Å²) in [4.78, 5) is 26.6. The van der Waals surface area contributed by atoms with E-state index in [1.54, 1.807) is 6.07 Å². The van der Waals surface area contributed by atoms with E-state index in [4.69, 9.17) is 10.4 Å². The van der Waals surface area contributed by atoms with Crippen molar-refractivity contribution in [1.82, 2.24) is 4.98 Å². The summed E-state index contributed by atoms with van der Waals surface area (Å²) in [5, 5.41) is 27.7. The Morgan fingerprint density at radius 1 is 1.22 bits per heavy atom. The van der Waals surface area contributed by atoms with Crippen molar-refractivity contribution in [1.29, 1.82) is 5.26 Å². The number of ether oxygens (including phenoxy) is 1. The van der Waals surface area contributed by atoms with Crippen LogP contribution in [-0.4, -0.2) is 33.3 Å². The number of carbonyl (C=O) groups is 2. The quantitative estimate of drug-likeness (QED) is 0.738. The standard InChI is InChI=1S/C17H11F3N2O5/c18-17(19,20)27-11-3-1-2-9(6-11)12-7-10(8-21)16(26)15(22-12)13(23)4-5-14(24)25/h1-3,6-7,26H,4-5H2,(H,24,25). The fraction of sp³-hybridized carbons (Fsp3) is 0.176. The molecule has 2 rings (SSSR count). The van der Waals surface area contributed by atoms with Crippen LogP contribution in [0.3, 0.4) is 0 Å². The summed E-state index contributed by atoms with van der Waals surface area (Å²) in [5.74, 6) is -3.32. The summed E-state index contributed by atoms with van der Waals surface area (Å²) in [6, 6.07) is 7.42. The van der Waals surface area contributed by atoms with Crippen LogP contribution >= 0.6 is 0 Å². The van der Waals surface area contributed by atoms with E-state index in [9.17, 15) is 27.9 Å². The number of ketones is 1. The van der Waals surface area contributed by atoms with Gasteiger partial charge in [0.1, 0.15) is 17.5 Å². The molecule has 0 saturated heterocycles. The van der Waals surface area contributed by atoms with Gasteiger partial charge in [0.2, 0.25) is 0 Å². The zero-order chi connectivity index (χ0) is 20.2. The minimum Gasteiger partial charge on any atom is -0.504 e. The van der Waals surface area contributed by atoms with E-state index in [0.29, 0.717) is 0 Å². The van der Waals surface area contributed by atoms with Crippen molar-refractivity contribution < 1.29 is 37.7 Å². The average molecular weight is 380 g/mol. The fourth-order valence-electron chi connectivity index (χ4n) is 2.16. The van der Waals surface area contributed by atoms with Gasteiger partial charge in [-0.2, -0.15) is 5.26 Å². The zero-order valence-corrected chi connectivity index (χ0v) is 13.4. The molecule has 0 bridgehead atoms. The van der Waals surface area contributed by atoms with Gasteiger partial charge in [0.15, 0.2) is 11.5 Å². The zero-order valence-electron chi connectivity index (χ0n) is 13.4. The average Bonchev–Trinajstić information content (AvgIpc) is 2.58. The first-order valence-corrected chi connectivity index (χ1v) is 7.36. The first-order valence-electron chi connectivity index (χ1n) is 7.36. The van der Waals surface area contributed by atoms with Gasteiger partial charge in [0, 0.05) is 12.0 Å². The van der Waals surface area contributed by atoms with Crippen molar-refractivity contribution in [3.63, 3.8) is 0 Å². The third kappa shape index (κ3) is 5.18. The van der Waals surface area contributed by atoms with Crippen LogP contribution in [0.4, 0.5) is 13.2 Å². The Labute approximate surface area is 150 Å². The summed E-state index contributed by atoms with van der Waals surface area (Å²) in [5.41, 5.74) is -0.829. The van der Waals surface area contributed by atoms with Crippen molar-refractivity contribution in [3.8, 4) is 28.8 Å². The second-order valence-electron chi connectivity index (χ2n) is 5.26. The Kier molecular flexibility index (Phi) is 5.65. The molecule has 7 nitrogen and oxygen atoms in total. The Hall–Kier alpha value is -3.61. The topological polar surface area (TPSA) is 121 Å². The Bertz CT molecular complexity index is 935. The number of carbonyl (C=O) groups excluding carboxylic acids is 1. The van der Waals surface area contributed by atoms with Crippen molar-refractivity contribution in [2.45, 2.75) is 19.2 Å². The SMILES string of the molecule is N#Cc1cc(-c2cccc(OC(F)(F)F)c2)nc(C(=O)CCC(=O)O)c1O. The molecule has 0 saturated carbocycles. The monoisotopic (exact) mass is 380 g/mol. The molecule has 1 aromatic heterocycles. The number of nitriles is 1. The molecule has 2 N–H and O–H groups in total. The van der Waals surface area contributed by atoms with E-state index < -0.39 is 48.1 Å². The van der Waals surface area contributed by atoms with Crippen molar-refractivity contribution in [3.05, 3.63) is 41.6 Å². The van der Waals surface area contributed by atoms with Gasteiger partial charge in [-0.1, -0.05) is 12.1 Å². The molecule has 2 aromatic rings. The van der Waals surface area contributed by atoms with Crippen molar-refractivity contribution in [2.75, 3.05) is 0 Å². The number of carboxylic acid groups (broad SMARTS) is 1. The number of aromatic nitrogens is 1. The number of carboxylic acids is 1. The molecule has 0 aliphatic rings. The minimum atomic E-state index is -4.91. The molecule has 0 aliphatic carbocycles. The van der Waals surface area contributed by atoms with Gasteiger partial charge >= 0.3 is 12.3 Å². The highest BCUT2D eigenvalue weighted by molar-refractivity contribution is 5.99. The number of hydrogen-bond donors (Lipinski definition) is 2. The van der Waals surface area contributed by atoms with E-state index in [2.05, 4.69) is 9.72 Å². The normalized spacial score (nSPS) is 10.9. The molecule has 140 valence electrons. The molecule has 0 spiro atoms. The third-order valence-corrected chi connectivity index (χ3v) is 3.31. The number of aliphatic carboxylic acids is 1. The van der Waals surface area contributed by atoms with Crippen LogP contribution in [-0.2, 0) is 4.79 Å². The second-order valence-corrected chi connectivity index (χ2v) is 5.26. The van der Waals surface area contributed by atoms with Crippen molar-refractivity contribution >= 4 is 11.8 Å². The predicted octanol–water partition coefficient (Wildman–Crippen LogP) is 3.27. The number of aromatic hydroxyl groups is 1. The molecule has 0 aliphatic heterocycles. The predicted molar refractivity (Wildman–Crippen MR) is 83.9 cm³/mol. The number of hydrogen-bond acceptors (Lipinski definition) is 6. The molecule has 0 fully saturated rings. The van der Waals surface area contributed by atoms with Gasteiger partial charge in [0.25, 0.3) is 0 Å². The van der Waals surface area contributed by atoms with Crippen LogP contribution in [0.5, 0.6) is 11.5 Å². The van der Waals surface area contributed by atoms with Crippen LogP contribution in [0, 0.1) is 11.3 Å². The number of benzene rings is 1. The smallest absolute Gasteiger partial charge is 0.504 e. The molecule has 0 unspecified atom stereocenters. The van der Waals surface area contributed by atoms with Gasteiger partial charge < -0.3 is 14.9 Å². The Morgan fingerprint density at radius 2 is 1.93 bits per heavy atom. The first kappa shape index (κ1) is 19.7. The van der Waals surface area contributed by atoms with Crippen LogP contribution in [0.2, 0.25) is 0 Å². The van der Waals surface area contributed by atoms with E-state index in [1.165, 1.54) is 12.1 Å². The lowest BCUT2D eigenvalue weighted by Crippen LogP contribution is -2.17. The number of nitrogens with zero attached hydrogens (tertiary/aromatic N) is 2. The molecule has 0 atom stereocenters. The summed E-state index contributed by atoms with van der Waals surface area (Å²) < 4.78 is 40.9. The van der Waals surface area contributed by atoms with Crippen LogP contribution < -0.4 is 4.74 Å². The summed E-state index contributed by atoms with van der Waals surface area (Å²) in [6.07, 6.45) is -5.89. The fourth-order valence-corrected chi connectivity index (χ4v) is 2.16. The largest absolute Gasteiger partial charge is 0.573 e. The van der Waals surface area contributed by atoms with Gasteiger partial charge in [-0.05, 0) is 18.2 Å². The number of rotatable bonds is 6. The molecule has 0 radical (unpaired) electrons. The number of halogens is 3. The molecular formula is C17H11F3N2O5. The van der Waals surface area contributed by atoms with Gasteiger partial charge in [-0.15, -0.1) is 13.2 Å². The van der Waals surface area contributed by atoms with E-state index in [1.807, 2.05) is 0 Å². The maximum atomic E-state index is 12.4. The lowest BCUT2D eigenvalue weighted by atomic mass is 10.0. The Morgan fingerprint density at radius 3 is 2.52 bits per heavy atom. The summed E-state index contributed by atoms with van der Waals surface area (Å²) in [7, 11) is 0. The van der Waals surface area contributed by atoms with Gasteiger partial charge in [-0.3, -0.25) is 9.59 Å². The molecule has 1 heterocycles. The number of Topliss-reactive ketones (excluding diaryl/α,β-unsaturated/α-hetero) is 1. The highest BCUT2D eigenvalue weighted by Gasteiger charge is 2.31. The summed E-state index contributed by atoms with van der Waals surface area (Å²) in [6.45, 7) is 0. The molecule has 27 heavy (non-hydrogen) atoms. The Balaban J connectivity index is 2.47. The van der Waals surface area contributed by atoms with Crippen LogP contribution in [0.1, 0.15) is 28.9 Å². The first-order chi connectivity index (χ1) is 12.6. The third-order valence-electron chi connectivity index (χ3n) is 3.31. The summed E-state index contributed by atoms with van der Waals surface area (Å²) >= 11 is 0. The highest BCUT2D eigenvalue weighted by atomic mass is 19.4. The second kappa shape index (κ2) is 7.74. The van der Waals surface area contributed by atoms with Crippen LogP contribution in [0.15, 0.2) is 30.3 Å². The molecule has 10 heteroatoms. The lowest BCUT2D eigenvalue weighted by Gasteiger charge is -2.11. The van der Waals surface area contributed by atoms with Gasteiger partial charge in [0.05, 0.1) is 17.7 Å². The van der Waals surface area contributed by atoms with Crippen molar-refractivity contribution in [2.24, 2.45) is 0 Å². The number of pyridine rings is 1. The van der Waals surface area contributed by atoms with E-state index >= 15 is 0 Å². The van der Waals surface area contributed by atoms with Gasteiger partial charge in [-0.25, -0.2) is 4.98 Å². The maximum Gasteiger partial charge on any atom is 0.573 e. The highest BCUT2D eigenvalue weighted by Crippen LogP contribution is 2.31.